The van der Waals surface area contributed by atoms with Gasteiger partial charge in [0.1, 0.15) is 0 Å². The van der Waals surface area contributed by atoms with Gasteiger partial charge in [0.25, 0.3) is 0 Å². The Kier molecular flexibility index (Phi) is 4.95. The van der Waals surface area contributed by atoms with Crippen molar-refractivity contribution in [2.45, 2.75) is 20.8 Å². The van der Waals surface area contributed by atoms with E-state index in [-0.39, 0.29) is 11.7 Å². The second-order valence-electron chi connectivity index (χ2n) is 4.61. The van der Waals surface area contributed by atoms with E-state index in [2.05, 4.69) is 25.2 Å². The van der Waals surface area contributed by atoms with Gasteiger partial charge in [-0.15, -0.1) is 0 Å². The minimum atomic E-state index is -0.0576. The molecule has 17 heavy (non-hydrogen) atoms. The number of nitrogens with one attached hydrogen (secondary N) is 1. The third kappa shape index (κ3) is 4.06. The molecular formula is C15H21NO. The summed E-state index contributed by atoms with van der Waals surface area (Å²) in [6, 6.07) is 7.58. The van der Waals surface area contributed by atoms with E-state index in [9.17, 15) is 4.79 Å². The lowest BCUT2D eigenvalue weighted by Gasteiger charge is -2.07. The van der Waals surface area contributed by atoms with E-state index in [1.165, 1.54) is 0 Å². The first kappa shape index (κ1) is 13.5. The average Bonchev–Trinajstić information content (AvgIpc) is 2.35. The predicted molar refractivity (Wildman–Crippen MR) is 73.5 cm³/mol. The molecule has 0 aliphatic heterocycles. The van der Waals surface area contributed by atoms with Crippen LogP contribution in [0.15, 0.2) is 36.4 Å². The molecule has 1 atom stereocenters. The van der Waals surface area contributed by atoms with E-state index in [4.69, 9.17) is 0 Å². The number of benzene rings is 1. The molecule has 0 saturated heterocycles. The summed E-state index contributed by atoms with van der Waals surface area (Å²) < 4.78 is 0. The summed E-state index contributed by atoms with van der Waals surface area (Å²) in [5, 5.41) is 3.04. The van der Waals surface area contributed by atoms with E-state index in [1.54, 1.807) is 0 Å². The maximum absolute atomic E-state index is 12.1. The van der Waals surface area contributed by atoms with Crippen LogP contribution < -0.4 is 5.32 Å². The number of Topliss-reactive ketones (excluding diaryl/α,β-unsaturated/α-hetero) is 1. The third-order valence-corrected chi connectivity index (χ3v) is 2.66. The number of carbonyl (C=O) groups is 1. The number of carbonyl (C=O) groups excluding carboxylic acids is 1. The summed E-state index contributed by atoms with van der Waals surface area (Å²) >= 11 is 0. The molecule has 1 rings (SSSR count). The van der Waals surface area contributed by atoms with Crippen LogP contribution in [0.4, 0.5) is 5.69 Å². The molecule has 0 aromatic heterocycles. The standard InChI is InChI=1S/C15H21NO/c1-11(2)5-6-12(3)15(17)13-7-9-14(16-4)10-8-13/h5-12,16H,1-4H3/b6-5+/t12-/m0/s1. The Morgan fingerprint density at radius 1 is 1.12 bits per heavy atom. The Balaban J connectivity index is 2.74. The minimum absolute atomic E-state index is 0.0576. The summed E-state index contributed by atoms with van der Waals surface area (Å²) in [4.78, 5) is 12.1. The van der Waals surface area contributed by atoms with Gasteiger partial charge in [0.2, 0.25) is 0 Å². The molecule has 0 aliphatic rings. The highest BCUT2D eigenvalue weighted by atomic mass is 16.1. The van der Waals surface area contributed by atoms with Gasteiger partial charge in [-0.1, -0.05) is 32.9 Å². The van der Waals surface area contributed by atoms with Crippen LogP contribution in [0, 0.1) is 11.8 Å². The average molecular weight is 231 g/mol. The van der Waals surface area contributed by atoms with E-state index < -0.39 is 0 Å². The Labute approximate surface area is 104 Å². The number of anilines is 1. The molecule has 0 radical (unpaired) electrons. The van der Waals surface area contributed by atoms with Crippen molar-refractivity contribution >= 4 is 11.5 Å². The molecule has 0 saturated carbocycles. The first-order valence-electron chi connectivity index (χ1n) is 6.05. The normalized spacial score (nSPS) is 13.0. The molecule has 0 fully saturated rings. The van der Waals surface area contributed by atoms with Crippen LogP contribution in [0.1, 0.15) is 31.1 Å². The van der Waals surface area contributed by atoms with Crippen molar-refractivity contribution in [1.29, 1.82) is 0 Å². The van der Waals surface area contributed by atoms with E-state index in [0.717, 1.165) is 11.3 Å². The lowest BCUT2D eigenvalue weighted by atomic mass is 9.97. The number of rotatable bonds is 5. The van der Waals surface area contributed by atoms with Crippen LogP contribution in [0.5, 0.6) is 0 Å². The minimum Gasteiger partial charge on any atom is -0.388 e. The molecule has 0 aliphatic carbocycles. The number of hydrogen-bond acceptors (Lipinski definition) is 2. The topological polar surface area (TPSA) is 29.1 Å². The zero-order valence-corrected chi connectivity index (χ0v) is 11.0. The highest BCUT2D eigenvalue weighted by Crippen LogP contribution is 2.14. The molecule has 2 heteroatoms. The highest BCUT2D eigenvalue weighted by Gasteiger charge is 2.11. The zero-order valence-electron chi connectivity index (χ0n) is 11.0. The van der Waals surface area contributed by atoms with Gasteiger partial charge in [-0.3, -0.25) is 4.79 Å². The Morgan fingerprint density at radius 2 is 1.71 bits per heavy atom. The Hall–Kier alpha value is -1.57. The lowest BCUT2D eigenvalue weighted by Crippen LogP contribution is -2.09. The first-order valence-corrected chi connectivity index (χ1v) is 6.05. The highest BCUT2D eigenvalue weighted by molar-refractivity contribution is 5.98. The van der Waals surface area contributed by atoms with Crippen LogP contribution in [0.2, 0.25) is 0 Å². The molecule has 0 unspecified atom stereocenters. The summed E-state index contributed by atoms with van der Waals surface area (Å²) in [5.41, 5.74) is 1.79. The molecule has 2 nitrogen and oxygen atoms in total. The van der Waals surface area contributed by atoms with Crippen LogP contribution in [0.25, 0.3) is 0 Å². The molecule has 1 N–H and O–H groups in total. The van der Waals surface area contributed by atoms with Crippen molar-refractivity contribution in [3.8, 4) is 0 Å². The smallest absolute Gasteiger partial charge is 0.169 e. The van der Waals surface area contributed by atoms with Gasteiger partial charge in [0, 0.05) is 24.2 Å². The fraction of sp³-hybridized carbons (Fsp3) is 0.400. The van der Waals surface area contributed by atoms with Gasteiger partial charge >= 0.3 is 0 Å². The van der Waals surface area contributed by atoms with Gasteiger partial charge in [-0.2, -0.15) is 0 Å². The molecule has 0 heterocycles. The van der Waals surface area contributed by atoms with Crippen LogP contribution in [-0.2, 0) is 0 Å². The van der Waals surface area contributed by atoms with Crippen molar-refractivity contribution < 1.29 is 4.79 Å². The molecule has 1 aromatic carbocycles. The fourth-order valence-electron chi connectivity index (χ4n) is 1.54. The van der Waals surface area contributed by atoms with Gasteiger partial charge in [-0.05, 0) is 30.2 Å². The van der Waals surface area contributed by atoms with Gasteiger partial charge in [0.15, 0.2) is 5.78 Å². The molecule has 0 spiro atoms. The first-order chi connectivity index (χ1) is 8.04. The van der Waals surface area contributed by atoms with Gasteiger partial charge < -0.3 is 5.32 Å². The number of allylic oxidation sites excluding steroid dienone is 2. The van der Waals surface area contributed by atoms with Gasteiger partial charge in [-0.25, -0.2) is 0 Å². The number of hydrogen-bond donors (Lipinski definition) is 1. The monoisotopic (exact) mass is 231 g/mol. The van der Waals surface area contributed by atoms with Crippen LogP contribution in [-0.4, -0.2) is 12.8 Å². The van der Waals surface area contributed by atoms with Gasteiger partial charge in [0.05, 0.1) is 0 Å². The predicted octanol–water partition coefficient (Wildman–Crippen LogP) is 3.76. The van der Waals surface area contributed by atoms with Crippen molar-refractivity contribution in [3.63, 3.8) is 0 Å². The van der Waals surface area contributed by atoms with Crippen molar-refractivity contribution in [2.24, 2.45) is 11.8 Å². The Bertz CT molecular complexity index is 390. The SMILES string of the molecule is CNc1ccc(C(=O)[C@@H](C)/C=C/C(C)C)cc1. The second-order valence-corrected chi connectivity index (χ2v) is 4.61. The zero-order chi connectivity index (χ0) is 12.8. The lowest BCUT2D eigenvalue weighted by molar-refractivity contribution is 0.0953. The van der Waals surface area contributed by atoms with Crippen molar-refractivity contribution in [3.05, 3.63) is 42.0 Å². The summed E-state index contributed by atoms with van der Waals surface area (Å²) in [6.45, 7) is 6.15. The molecule has 1 aromatic rings. The van der Waals surface area contributed by atoms with E-state index >= 15 is 0 Å². The molecule has 0 amide bonds. The summed E-state index contributed by atoms with van der Waals surface area (Å²) in [7, 11) is 1.87. The number of ketones is 1. The van der Waals surface area contributed by atoms with Crippen LogP contribution in [0.3, 0.4) is 0 Å². The quantitative estimate of drug-likeness (QED) is 0.617. The molecular weight excluding hydrogens is 210 g/mol. The van der Waals surface area contributed by atoms with E-state index in [0.29, 0.717) is 5.92 Å². The van der Waals surface area contributed by atoms with Crippen LogP contribution >= 0.6 is 0 Å². The maximum Gasteiger partial charge on any atom is 0.169 e. The largest absolute Gasteiger partial charge is 0.388 e. The molecule has 0 bridgehead atoms. The fourth-order valence-corrected chi connectivity index (χ4v) is 1.54. The molecule has 92 valence electrons. The van der Waals surface area contributed by atoms with Crippen molar-refractivity contribution in [2.75, 3.05) is 12.4 Å². The second kappa shape index (κ2) is 6.24. The third-order valence-electron chi connectivity index (χ3n) is 2.66. The van der Waals surface area contributed by atoms with Crippen molar-refractivity contribution in [1.82, 2.24) is 0 Å². The summed E-state index contributed by atoms with van der Waals surface area (Å²) in [6.07, 6.45) is 4.06. The maximum atomic E-state index is 12.1. The summed E-state index contributed by atoms with van der Waals surface area (Å²) in [5.74, 6) is 0.597. The van der Waals surface area contributed by atoms with E-state index in [1.807, 2.05) is 44.3 Å². The Morgan fingerprint density at radius 3 is 2.18 bits per heavy atom.